The standard InChI is InChI=1S/C11H13N3OS/c1-2-14-11(12-8-13-14)7-16-10-5-3-9(15)4-6-10/h3-6,8,15H,2,7H2,1H3. The van der Waals surface area contributed by atoms with Crippen LogP contribution in [0.4, 0.5) is 0 Å². The van der Waals surface area contributed by atoms with E-state index in [9.17, 15) is 0 Å². The van der Waals surface area contributed by atoms with Gasteiger partial charge in [-0.15, -0.1) is 11.8 Å². The molecule has 0 fully saturated rings. The molecule has 1 N–H and O–H groups in total. The zero-order valence-corrected chi connectivity index (χ0v) is 9.81. The molecule has 1 aromatic carbocycles. The maximum Gasteiger partial charge on any atom is 0.138 e. The maximum atomic E-state index is 9.16. The molecular formula is C11H13N3OS. The van der Waals surface area contributed by atoms with Crippen molar-refractivity contribution in [3.8, 4) is 5.75 Å². The van der Waals surface area contributed by atoms with E-state index in [-0.39, 0.29) is 0 Å². The third-order valence-electron chi connectivity index (χ3n) is 2.20. The normalized spacial score (nSPS) is 10.6. The van der Waals surface area contributed by atoms with Crippen LogP contribution in [0.1, 0.15) is 12.7 Å². The lowest BCUT2D eigenvalue weighted by Gasteiger charge is -2.03. The van der Waals surface area contributed by atoms with Gasteiger partial charge >= 0.3 is 0 Å². The molecule has 1 heterocycles. The Balaban J connectivity index is 1.99. The second kappa shape index (κ2) is 5.03. The number of aryl methyl sites for hydroxylation is 1. The summed E-state index contributed by atoms with van der Waals surface area (Å²) in [5.74, 6) is 2.06. The zero-order chi connectivity index (χ0) is 11.4. The van der Waals surface area contributed by atoms with Crippen LogP contribution in [0.15, 0.2) is 35.5 Å². The molecule has 0 bridgehead atoms. The van der Waals surface area contributed by atoms with Crippen molar-refractivity contribution in [2.24, 2.45) is 0 Å². The van der Waals surface area contributed by atoms with E-state index < -0.39 is 0 Å². The van der Waals surface area contributed by atoms with E-state index in [1.165, 1.54) is 0 Å². The van der Waals surface area contributed by atoms with Crippen molar-refractivity contribution >= 4 is 11.8 Å². The van der Waals surface area contributed by atoms with Gasteiger partial charge in [-0.25, -0.2) is 9.67 Å². The molecule has 0 saturated carbocycles. The largest absolute Gasteiger partial charge is 0.508 e. The lowest BCUT2D eigenvalue weighted by Crippen LogP contribution is -2.01. The van der Waals surface area contributed by atoms with Gasteiger partial charge in [0.05, 0.1) is 5.75 Å². The smallest absolute Gasteiger partial charge is 0.138 e. The Morgan fingerprint density at radius 1 is 1.31 bits per heavy atom. The van der Waals surface area contributed by atoms with E-state index in [4.69, 9.17) is 5.11 Å². The van der Waals surface area contributed by atoms with Crippen LogP contribution in [0.2, 0.25) is 0 Å². The summed E-state index contributed by atoms with van der Waals surface area (Å²) >= 11 is 1.68. The summed E-state index contributed by atoms with van der Waals surface area (Å²) in [5, 5.41) is 13.3. The van der Waals surface area contributed by atoms with E-state index >= 15 is 0 Å². The predicted octanol–water partition coefficient (Wildman–Crippen LogP) is 2.30. The first kappa shape index (κ1) is 11.0. The van der Waals surface area contributed by atoms with Crippen molar-refractivity contribution in [2.45, 2.75) is 24.1 Å². The van der Waals surface area contributed by atoms with Crippen LogP contribution >= 0.6 is 11.8 Å². The Kier molecular flexibility index (Phi) is 3.46. The van der Waals surface area contributed by atoms with Crippen molar-refractivity contribution in [1.29, 1.82) is 0 Å². The molecule has 2 aromatic rings. The Bertz CT molecular complexity index is 453. The van der Waals surface area contributed by atoms with Crippen LogP contribution in [0.3, 0.4) is 0 Å². The number of aromatic nitrogens is 3. The molecule has 84 valence electrons. The van der Waals surface area contributed by atoms with Crippen LogP contribution in [-0.4, -0.2) is 19.9 Å². The van der Waals surface area contributed by atoms with Crippen molar-refractivity contribution in [3.05, 3.63) is 36.4 Å². The molecule has 0 saturated heterocycles. The third kappa shape index (κ3) is 2.55. The van der Waals surface area contributed by atoms with Crippen LogP contribution in [-0.2, 0) is 12.3 Å². The third-order valence-corrected chi connectivity index (χ3v) is 3.21. The zero-order valence-electron chi connectivity index (χ0n) is 9.00. The summed E-state index contributed by atoms with van der Waals surface area (Å²) in [6, 6.07) is 7.17. The number of thioether (sulfide) groups is 1. The average molecular weight is 235 g/mol. The minimum atomic E-state index is 0.293. The Labute approximate surface area is 98.3 Å². The topological polar surface area (TPSA) is 50.9 Å². The van der Waals surface area contributed by atoms with Gasteiger partial charge in [-0.2, -0.15) is 5.10 Å². The SMILES string of the molecule is CCn1ncnc1CSc1ccc(O)cc1. The number of hydrogen-bond acceptors (Lipinski definition) is 4. The summed E-state index contributed by atoms with van der Waals surface area (Å²) in [4.78, 5) is 5.32. The number of phenolic OH excluding ortho intramolecular Hbond substituents is 1. The molecule has 5 heteroatoms. The van der Waals surface area contributed by atoms with Gasteiger partial charge in [0.15, 0.2) is 0 Å². The molecule has 0 atom stereocenters. The van der Waals surface area contributed by atoms with Crippen LogP contribution in [0.25, 0.3) is 0 Å². The summed E-state index contributed by atoms with van der Waals surface area (Å²) in [6.45, 7) is 2.88. The Hall–Kier alpha value is -1.49. The highest BCUT2D eigenvalue weighted by Crippen LogP contribution is 2.23. The number of aromatic hydroxyl groups is 1. The number of benzene rings is 1. The molecule has 1 aromatic heterocycles. The molecule has 4 nitrogen and oxygen atoms in total. The second-order valence-electron chi connectivity index (χ2n) is 3.27. The lowest BCUT2D eigenvalue weighted by molar-refractivity contribution is 0.475. The lowest BCUT2D eigenvalue weighted by atomic mass is 10.3. The first-order chi connectivity index (χ1) is 7.79. The fraction of sp³-hybridized carbons (Fsp3) is 0.273. The molecular weight excluding hydrogens is 222 g/mol. The number of hydrogen-bond donors (Lipinski definition) is 1. The summed E-state index contributed by atoms with van der Waals surface area (Å²) < 4.78 is 1.88. The summed E-state index contributed by atoms with van der Waals surface area (Å²) in [6.07, 6.45) is 1.58. The van der Waals surface area contributed by atoms with E-state index in [2.05, 4.69) is 10.1 Å². The summed E-state index contributed by atoms with van der Waals surface area (Å²) in [7, 11) is 0. The van der Waals surface area contributed by atoms with Gasteiger partial charge in [-0.1, -0.05) is 0 Å². The fourth-order valence-corrected chi connectivity index (χ4v) is 2.20. The van der Waals surface area contributed by atoms with Crippen molar-refractivity contribution in [3.63, 3.8) is 0 Å². The van der Waals surface area contributed by atoms with Gasteiger partial charge in [0.1, 0.15) is 17.9 Å². The van der Waals surface area contributed by atoms with Gasteiger partial charge in [-0.05, 0) is 31.2 Å². The van der Waals surface area contributed by atoms with Gasteiger partial charge in [0.25, 0.3) is 0 Å². The quantitative estimate of drug-likeness (QED) is 0.826. The van der Waals surface area contributed by atoms with Crippen LogP contribution < -0.4 is 0 Å². The predicted molar refractivity (Wildman–Crippen MR) is 63.4 cm³/mol. The van der Waals surface area contributed by atoms with E-state index in [0.717, 1.165) is 23.0 Å². The molecule has 0 amide bonds. The molecule has 0 aliphatic carbocycles. The average Bonchev–Trinajstić information content (AvgIpc) is 2.76. The van der Waals surface area contributed by atoms with Gasteiger partial charge < -0.3 is 5.11 Å². The first-order valence-electron chi connectivity index (χ1n) is 5.08. The van der Waals surface area contributed by atoms with Crippen molar-refractivity contribution in [1.82, 2.24) is 14.8 Å². The number of phenols is 1. The van der Waals surface area contributed by atoms with Crippen LogP contribution in [0.5, 0.6) is 5.75 Å². The fourth-order valence-electron chi connectivity index (χ4n) is 1.35. The minimum Gasteiger partial charge on any atom is -0.508 e. The highest BCUT2D eigenvalue weighted by molar-refractivity contribution is 7.98. The second-order valence-corrected chi connectivity index (χ2v) is 4.32. The van der Waals surface area contributed by atoms with Crippen molar-refractivity contribution < 1.29 is 5.11 Å². The van der Waals surface area contributed by atoms with Crippen LogP contribution in [0, 0.1) is 0 Å². The Morgan fingerprint density at radius 2 is 2.06 bits per heavy atom. The van der Waals surface area contributed by atoms with Gasteiger partial charge in [0.2, 0.25) is 0 Å². The Morgan fingerprint density at radius 3 is 2.75 bits per heavy atom. The molecule has 0 radical (unpaired) electrons. The minimum absolute atomic E-state index is 0.293. The summed E-state index contributed by atoms with van der Waals surface area (Å²) in [5.41, 5.74) is 0. The van der Waals surface area contributed by atoms with Gasteiger partial charge in [-0.3, -0.25) is 0 Å². The number of nitrogens with zero attached hydrogens (tertiary/aromatic N) is 3. The van der Waals surface area contributed by atoms with Crippen molar-refractivity contribution in [2.75, 3.05) is 0 Å². The molecule has 0 aliphatic heterocycles. The molecule has 0 spiro atoms. The van der Waals surface area contributed by atoms with Gasteiger partial charge in [0, 0.05) is 11.4 Å². The molecule has 0 aliphatic rings. The van der Waals surface area contributed by atoms with E-state index in [1.807, 2.05) is 23.7 Å². The first-order valence-corrected chi connectivity index (χ1v) is 6.06. The monoisotopic (exact) mass is 235 g/mol. The van der Waals surface area contributed by atoms with E-state index in [0.29, 0.717) is 5.75 Å². The number of rotatable bonds is 4. The maximum absolute atomic E-state index is 9.16. The van der Waals surface area contributed by atoms with E-state index in [1.54, 1.807) is 30.2 Å². The molecule has 0 unspecified atom stereocenters. The highest BCUT2D eigenvalue weighted by atomic mass is 32.2. The molecule has 16 heavy (non-hydrogen) atoms. The molecule has 2 rings (SSSR count). The highest BCUT2D eigenvalue weighted by Gasteiger charge is 2.03.